The van der Waals surface area contributed by atoms with Crippen LogP contribution in [-0.4, -0.2) is 9.13 Å². The van der Waals surface area contributed by atoms with Gasteiger partial charge >= 0.3 is 0 Å². The van der Waals surface area contributed by atoms with Crippen molar-refractivity contribution < 1.29 is 4.42 Å². The fourth-order valence-electron chi connectivity index (χ4n) is 8.50. The van der Waals surface area contributed by atoms with E-state index < -0.39 is 22.2 Å². The smallest absolute Gasteiger partial charge is 0.266 e. The van der Waals surface area contributed by atoms with E-state index in [9.17, 15) is 19.2 Å². The number of aromatic nitrogens is 2. The lowest BCUT2D eigenvalue weighted by atomic mass is 9.94. The predicted molar refractivity (Wildman–Crippen MR) is 198 cm³/mol. The molecule has 0 aliphatic heterocycles. The largest absolute Gasteiger partial charge is 0.456 e. The van der Waals surface area contributed by atoms with Crippen molar-refractivity contribution in [2.45, 2.75) is 41.5 Å². The minimum atomic E-state index is -0.395. The van der Waals surface area contributed by atoms with Crippen molar-refractivity contribution in [3.05, 3.63) is 148 Å². The van der Waals surface area contributed by atoms with Crippen LogP contribution in [-0.2, 0) is 0 Å². The highest BCUT2D eigenvalue weighted by atomic mass is 16.3. The zero-order chi connectivity index (χ0) is 34.2. The summed E-state index contributed by atoms with van der Waals surface area (Å²) >= 11 is 0. The zero-order valence-electron chi connectivity index (χ0n) is 27.9. The average Bonchev–Trinajstić information content (AvgIpc) is 3.19. The Morgan fingerprint density at radius 3 is 1.00 bits per heavy atom. The Labute approximate surface area is 278 Å². The Bertz CT molecular complexity index is 2870. The average molecular weight is 643 g/mol. The van der Waals surface area contributed by atoms with Crippen LogP contribution in [0.2, 0.25) is 0 Å². The molecule has 0 unspecified atom stereocenters. The van der Waals surface area contributed by atoms with Crippen molar-refractivity contribution in [3.63, 3.8) is 0 Å². The van der Waals surface area contributed by atoms with Crippen LogP contribution in [0.25, 0.3) is 76.4 Å². The molecule has 3 aromatic heterocycles. The maximum atomic E-state index is 14.2. The van der Waals surface area contributed by atoms with Gasteiger partial charge in [-0.2, -0.15) is 0 Å². The van der Waals surface area contributed by atoms with E-state index in [4.69, 9.17) is 4.42 Å². The van der Waals surface area contributed by atoms with Gasteiger partial charge in [-0.25, -0.2) is 9.13 Å². The molecule has 6 aromatic carbocycles. The SMILES string of the molecule is Cc1cc(C)c(-n2c(=O)c3ccc4oc5ccc6c(=O)n(-c7c(C)cc(C)cc7C)c(=O)c7ccc(c8ccc(c2=O)c3c48)c5c67)c(C)c1. The van der Waals surface area contributed by atoms with E-state index in [1.54, 1.807) is 36.4 Å². The van der Waals surface area contributed by atoms with Crippen LogP contribution in [0, 0.1) is 41.5 Å². The van der Waals surface area contributed by atoms with E-state index in [1.807, 2.05) is 77.9 Å². The van der Waals surface area contributed by atoms with Gasteiger partial charge in [0.05, 0.1) is 11.4 Å². The van der Waals surface area contributed by atoms with Gasteiger partial charge in [0.2, 0.25) is 0 Å². The van der Waals surface area contributed by atoms with Crippen molar-refractivity contribution in [1.29, 1.82) is 0 Å². The zero-order valence-corrected chi connectivity index (χ0v) is 27.9. The van der Waals surface area contributed by atoms with Gasteiger partial charge in [0.1, 0.15) is 11.2 Å². The Hall–Kier alpha value is -6.08. The molecule has 0 atom stereocenters. The fourth-order valence-corrected chi connectivity index (χ4v) is 8.50. The first-order chi connectivity index (χ1) is 23.5. The molecule has 9 rings (SSSR count). The molecule has 0 bridgehead atoms. The number of aryl methyl sites for hydroxylation is 6. The van der Waals surface area contributed by atoms with Gasteiger partial charge in [0.15, 0.2) is 0 Å². The lowest BCUT2D eigenvalue weighted by molar-refractivity contribution is 0.664. The lowest BCUT2D eigenvalue weighted by Crippen LogP contribution is -2.33. The number of nitrogens with zero attached hydrogens (tertiary/aromatic N) is 2. The van der Waals surface area contributed by atoms with E-state index in [2.05, 4.69) is 0 Å². The molecular weight excluding hydrogens is 612 g/mol. The molecule has 0 fully saturated rings. The van der Waals surface area contributed by atoms with Crippen molar-refractivity contribution >= 4 is 65.0 Å². The summed E-state index contributed by atoms with van der Waals surface area (Å²) in [7, 11) is 0. The summed E-state index contributed by atoms with van der Waals surface area (Å²) in [6, 6.07) is 22.2. The number of pyridine rings is 2. The van der Waals surface area contributed by atoms with Crippen LogP contribution in [0.3, 0.4) is 0 Å². The maximum Gasteiger partial charge on any atom is 0.266 e. The van der Waals surface area contributed by atoms with Crippen LogP contribution in [0.4, 0.5) is 0 Å². The maximum absolute atomic E-state index is 14.2. The Morgan fingerprint density at radius 1 is 0.388 bits per heavy atom. The molecule has 0 aliphatic rings. The highest BCUT2D eigenvalue weighted by molar-refractivity contribution is 6.31. The molecule has 0 saturated carbocycles. The third-order valence-electron chi connectivity index (χ3n) is 10.2. The van der Waals surface area contributed by atoms with Gasteiger partial charge in [0.25, 0.3) is 22.2 Å². The van der Waals surface area contributed by atoms with Crippen molar-refractivity contribution in [3.8, 4) is 11.4 Å². The number of benzene rings is 6. The Balaban J connectivity index is 1.44. The summed E-state index contributed by atoms with van der Waals surface area (Å²) in [4.78, 5) is 56.9. The second-order valence-electron chi connectivity index (χ2n) is 13.5. The predicted octanol–water partition coefficient (Wildman–Crippen LogP) is 7.95. The van der Waals surface area contributed by atoms with Crippen molar-refractivity contribution in [2.24, 2.45) is 0 Å². The Morgan fingerprint density at radius 2 is 0.673 bits per heavy atom. The fraction of sp³-hybridized carbons (Fsp3) is 0.143. The molecule has 49 heavy (non-hydrogen) atoms. The first kappa shape index (κ1) is 29.1. The standard InChI is InChI=1S/C42H30N2O5/c1-19-15-21(3)37(22(4)16-19)43-39(45)27-9-7-25-26-8-10-28-34-30(42(48)44(40(28)46)38-23(5)17-20(2)18-24(38)6)12-14-32(36(26)34)49-31-13-11-29(41(43)47)33(27)35(25)31/h7-18H,1-6H3. The molecule has 0 spiro atoms. The molecule has 3 heterocycles. The Kier molecular flexibility index (Phi) is 5.78. The molecule has 238 valence electrons. The monoisotopic (exact) mass is 642 g/mol. The highest BCUT2D eigenvalue weighted by Crippen LogP contribution is 2.40. The lowest BCUT2D eigenvalue weighted by Gasteiger charge is -2.16. The normalized spacial score (nSPS) is 12.2. The number of hydrogen-bond donors (Lipinski definition) is 0. The molecular formula is C42H30N2O5. The first-order valence-corrected chi connectivity index (χ1v) is 16.3. The van der Waals surface area contributed by atoms with Crippen LogP contribution >= 0.6 is 0 Å². The third kappa shape index (κ3) is 3.72. The van der Waals surface area contributed by atoms with Gasteiger partial charge in [-0.15, -0.1) is 0 Å². The highest BCUT2D eigenvalue weighted by Gasteiger charge is 2.24. The van der Waals surface area contributed by atoms with Gasteiger partial charge in [-0.1, -0.05) is 47.5 Å². The second-order valence-corrected chi connectivity index (χ2v) is 13.5. The molecule has 0 saturated heterocycles. The van der Waals surface area contributed by atoms with Crippen molar-refractivity contribution in [2.75, 3.05) is 0 Å². The van der Waals surface area contributed by atoms with Gasteiger partial charge in [-0.05, 0) is 111 Å². The minimum Gasteiger partial charge on any atom is -0.456 e. The molecule has 0 radical (unpaired) electrons. The summed E-state index contributed by atoms with van der Waals surface area (Å²) in [6.07, 6.45) is 0. The quantitative estimate of drug-likeness (QED) is 0.191. The summed E-state index contributed by atoms with van der Waals surface area (Å²) in [5, 5.41) is 5.48. The molecule has 0 N–H and O–H groups in total. The summed E-state index contributed by atoms with van der Waals surface area (Å²) in [5.74, 6) is 0. The first-order valence-electron chi connectivity index (χ1n) is 16.3. The number of rotatable bonds is 2. The molecule has 0 aliphatic carbocycles. The van der Waals surface area contributed by atoms with E-state index in [1.165, 1.54) is 9.13 Å². The van der Waals surface area contributed by atoms with E-state index in [0.717, 1.165) is 44.2 Å². The number of hydrogen-bond acceptors (Lipinski definition) is 5. The van der Waals surface area contributed by atoms with Crippen LogP contribution in [0.5, 0.6) is 0 Å². The van der Waals surface area contributed by atoms with E-state index >= 15 is 0 Å². The van der Waals surface area contributed by atoms with Crippen LogP contribution in [0.1, 0.15) is 33.4 Å². The van der Waals surface area contributed by atoms with Gasteiger partial charge in [0, 0.05) is 43.1 Å². The topological polar surface area (TPSA) is 91.3 Å². The third-order valence-corrected chi connectivity index (χ3v) is 10.2. The summed E-state index contributed by atoms with van der Waals surface area (Å²) < 4.78 is 9.18. The van der Waals surface area contributed by atoms with E-state index in [-0.39, 0.29) is 0 Å². The summed E-state index contributed by atoms with van der Waals surface area (Å²) in [6.45, 7) is 11.6. The van der Waals surface area contributed by atoms with Crippen molar-refractivity contribution in [1.82, 2.24) is 9.13 Å². The van der Waals surface area contributed by atoms with Gasteiger partial charge < -0.3 is 4.42 Å². The molecule has 7 heteroatoms. The van der Waals surface area contributed by atoms with Crippen LogP contribution < -0.4 is 22.2 Å². The summed E-state index contributed by atoms with van der Waals surface area (Å²) in [5.41, 5.74) is 6.08. The minimum absolute atomic E-state index is 0.395. The van der Waals surface area contributed by atoms with Crippen LogP contribution in [0.15, 0.2) is 96.4 Å². The van der Waals surface area contributed by atoms with Gasteiger partial charge in [-0.3, -0.25) is 19.2 Å². The van der Waals surface area contributed by atoms with E-state index in [0.29, 0.717) is 65.6 Å². The molecule has 7 nitrogen and oxygen atoms in total. The number of fused-ring (bicyclic) bond motifs is 1. The second kappa shape index (κ2) is 9.73. The molecule has 9 aromatic rings. The molecule has 0 amide bonds.